The Kier molecular flexibility index (Phi) is 3.42. The quantitative estimate of drug-likeness (QED) is 0.804. The summed E-state index contributed by atoms with van der Waals surface area (Å²) in [5.41, 5.74) is 2.71. The molecule has 22 heavy (non-hydrogen) atoms. The summed E-state index contributed by atoms with van der Waals surface area (Å²) < 4.78 is 1.80. The molecule has 1 aliphatic rings. The first-order valence-corrected chi connectivity index (χ1v) is 7.76. The van der Waals surface area contributed by atoms with Gasteiger partial charge in [-0.1, -0.05) is 19.3 Å². The van der Waals surface area contributed by atoms with Gasteiger partial charge in [-0.25, -0.2) is 9.50 Å². The van der Waals surface area contributed by atoms with Crippen LogP contribution in [0.2, 0.25) is 0 Å². The zero-order valence-electron chi connectivity index (χ0n) is 12.3. The summed E-state index contributed by atoms with van der Waals surface area (Å²) in [5, 5.41) is 7.84. The SMILES string of the molecule is c1cn2ncc(-c3cncc(NC4CCCCC4)n3)c2cn1. The molecule has 6 heteroatoms. The predicted octanol–water partition coefficient (Wildman–Crippen LogP) is 2.93. The van der Waals surface area contributed by atoms with Crippen molar-refractivity contribution in [2.24, 2.45) is 0 Å². The Labute approximate surface area is 128 Å². The van der Waals surface area contributed by atoms with E-state index < -0.39 is 0 Å². The summed E-state index contributed by atoms with van der Waals surface area (Å²) >= 11 is 0. The maximum absolute atomic E-state index is 4.70. The Morgan fingerprint density at radius 1 is 1.00 bits per heavy atom. The molecule has 0 aliphatic heterocycles. The lowest BCUT2D eigenvalue weighted by molar-refractivity contribution is 0.462. The van der Waals surface area contributed by atoms with Crippen LogP contribution in [0.3, 0.4) is 0 Å². The number of fused-ring (bicyclic) bond motifs is 1. The highest BCUT2D eigenvalue weighted by atomic mass is 15.2. The molecule has 0 radical (unpaired) electrons. The highest BCUT2D eigenvalue weighted by Crippen LogP contribution is 2.24. The van der Waals surface area contributed by atoms with Crippen molar-refractivity contribution >= 4 is 11.3 Å². The molecular weight excluding hydrogens is 276 g/mol. The van der Waals surface area contributed by atoms with Gasteiger partial charge in [0.1, 0.15) is 5.82 Å². The lowest BCUT2D eigenvalue weighted by Crippen LogP contribution is -2.22. The number of rotatable bonds is 3. The van der Waals surface area contributed by atoms with E-state index in [-0.39, 0.29) is 0 Å². The molecule has 3 aromatic rings. The molecule has 112 valence electrons. The summed E-state index contributed by atoms with van der Waals surface area (Å²) in [7, 11) is 0. The third-order valence-electron chi connectivity index (χ3n) is 4.19. The first-order valence-electron chi connectivity index (χ1n) is 7.76. The van der Waals surface area contributed by atoms with Crippen LogP contribution >= 0.6 is 0 Å². The molecule has 0 spiro atoms. The Hall–Kier alpha value is -2.50. The van der Waals surface area contributed by atoms with Crippen molar-refractivity contribution in [1.29, 1.82) is 0 Å². The van der Waals surface area contributed by atoms with Gasteiger partial charge in [0.25, 0.3) is 0 Å². The zero-order chi connectivity index (χ0) is 14.8. The highest BCUT2D eigenvalue weighted by Gasteiger charge is 2.14. The van der Waals surface area contributed by atoms with Crippen LogP contribution in [0.25, 0.3) is 16.8 Å². The molecule has 0 aromatic carbocycles. The summed E-state index contributed by atoms with van der Waals surface area (Å²) in [5.74, 6) is 0.840. The van der Waals surface area contributed by atoms with Crippen LogP contribution in [-0.4, -0.2) is 30.6 Å². The van der Waals surface area contributed by atoms with Crippen LogP contribution in [-0.2, 0) is 0 Å². The lowest BCUT2D eigenvalue weighted by Gasteiger charge is -2.23. The van der Waals surface area contributed by atoms with E-state index in [4.69, 9.17) is 4.98 Å². The summed E-state index contributed by atoms with van der Waals surface area (Å²) in [6, 6.07) is 0.517. The summed E-state index contributed by atoms with van der Waals surface area (Å²) in [6.45, 7) is 0. The van der Waals surface area contributed by atoms with Gasteiger partial charge in [0.2, 0.25) is 0 Å². The molecule has 1 saturated carbocycles. The molecule has 0 unspecified atom stereocenters. The van der Waals surface area contributed by atoms with Crippen LogP contribution in [0.1, 0.15) is 32.1 Å². The van der Waals surface area contributed by atoms with E-state index in [1.165, 1.54) is 32.1 Å². The van der Waals surface area contributed by atoms with Crippen molar-refractivity contribution < 1.29 is 0 Å². The first kappa shape index (κ1) is 13.2. The van der Waals surface area contributed by atoms with Gasteiger partial charge in [0, 0.05) is 24.0 Å². The number of aromatic nitrogens is 5. The van der Waals surface area contributed by atoms with E-state index in [0.717, 1.165) is 22.6 Å². The second-order valence-electron chi connectivity index (χ2n) is 5.73. The Morgan fingerprint density at radius 2 is 1.91 bits per heavy atom. The van der Waals surface area contributed by atoms with Crippen molar-refractivity contribution in [1.82, 2.24) is 24.6 Å². The normalized spacial score (nSPS) is 16.0. The highest BCUT2D eigenvalue weighted by molar-refractivity contribution is 5.76. The number of hydrogen-bond donors (Lipinski definition) is 1. The van der Waals surface area contributed by atoms with Crippen molar-refractivity contribution in [2.45, 2.75) is 38.1 Å². The van der Waals surface area contributed by atoms with Crippen molar-refractivity contribution in [3.05, 3.63) is 37.2 Å². The Morgan fingerprint density at radius 3 is 2.82 bits per heavy atom. The van der Waals surface area contributed by atoms with Gasteiger partial charge in [0.05, 0.1) is 36.0 Å². The molecule has 0 amide bonds. The van der Waals surface area contributed by atoms with Gasteiger partial charge in [-0.05, 0) is 12.8 Å². The molecule has 1 aliphatic carbocycles. The average molecular weight is 294 g/mol. The summed E-state index contributed by atoms with van der Waals surface area (Å²) in [4.78, 5) is 13.2. The third kappa shape index (κ3) is 2.52. The maximum Gasteiger partial charge on any atom is 0.145 e. The van der Waals surface area contributed by atoms with Gasteiger partial charge in [-0.3, -0.25) is 9.97 Å². The van der Waals surface area contributed by atoms with E-state index in [0.29, 0.717) is 6.04 Å². The minimum atomic E-state index is 0.517. The predicted molar refractivity (Wildman–Crippen MR) is 84.5 cm³/mol. The molecular formula is C16H18N6. The van der Waals surface area contributed by atoms with E-state index in [1.807, 2.05) is 12.4 Å². The molecule has 3 aromatic heterocycles. The standard InChI is InChI=1S/C16H18N6/c1-2-4-12(5-3-1)20-16-11-18-9-14(21-16)13-8-19-22-7-6-17-10-15(13)22/h6-12H,1-5H2,(H,20,21). The number of hydrogen-bond acceptors (Lipinski definition) is 5. The molecule has 0 saturated heterocycles. The van der Waals surface area contributed by atoms with E-state index >= 15 is 0 Å². The van der Waals surface area contributed by atoms with Gasteiger partial charge in [-0.2, -0.15) is 5.10 Å². The smallest absolute Gasteiger partial charge is 0.145 e. The molecule has 4 rings (SSSR count). The van der Waals surface area contributed by atoms with Crippen molar-refractivity contribution in [3.63, 3.8) is 0 Å². The Balaban J connectivity index is 1.63. The monoisotopic (exact) mass is 294 g/mol. The number of nitrogens with one attached hydrogen (secondary N) is 1. The maximum atomic E-state index is 4.70. The van der Waals surface area contributed by atoms with Crippen LogP contribution in [0.5, 0.6) is 0 Å². The van der Waals surface area contributed by atoms with Crippen molar-refractivity contribution in [3.8, 4) is 11.3 Å². The largest absolute Gasteiger partial charge is 0.366 e. The molecule has 1 fully saturated rings. The number of nitrogens with zero attached hydrogens (tertiary/aromatic N) is 5. The van der Waals surface area contributed by atoms with Crippen LogP contribution < -0.4 is 5.32 Å². The minimum Gasteiger partial charge on any atom is -0.366 e. The fraction of sp³-hybridized carbons (Fsp3) is 0.375. The Bertz CT molecular complexity index is 775. The van der Waals surface area contributed by atoms with Crippen molar-refractivity contribution in [2.75, 3.05) is 5.32 Å². The fourth-order valence-corrected chi connectivity index (χ4v) is 3.05. The second-order valence-corrected chi connectivity index (χ2v) is 5.73. The molecule has 0 bridgehead atoms. The summed E-state index contributed by atoms with van der Waals surface area (Å²) in [6.07, 6.45) is 17.1. The van der Waals surface area contributed by atoms with Crippen LogP contribution in [0, 0.1) is 0 Å². The molecule has 0 atom stereocenters. The van der Waals surface area contributed by atoms with Crippen LogP contribution in [0.4, 0.5) is 5.82 Å². The molecule has 1 N–H and O–H groups in total. The van der Waals surface area contributed by atoms with E-state index in [1.54, 1.807) is 29.3 Å². The second kappa shape index (κ2) is 5.71. The topological polar surface area (TPSA) is 68.0 Å². The first-order chi connectivity index (χ1) is 10.9. The van der Waals surface area contributed by atoms with Gasteiger partial charge in [0.15, 0.2) is 0 Å². The number of anilines is 1. The average Bonchev–Trinajstić information content (AvgIpc) is 3.00. The zero-order valence-corrected chi connectivity index (χ0v) is 12.3. The van der Waals surface area contributed by atoms with E-state index in [2.05, 4.69) is 20.4 Å². The molecule has 3 heterocycles. The van der Waals surface area contributed by atoms with Gasteiger partial charge < -0.3 is 5.32 Å². The lowest BCUT2D eigenvalue weighted by atomic mass is 9.95. The third-order valence-corrected chi connectivity index (χ3v) is 4.19. The molecule has 6 nitrogen and oxygen atoms in total. The van der Waals surface area contributed by atoms with E-state index in [9.17, 15) is 0 Å². The van der Waals surface area contributed by atoms with Crippen LogP contribution in [0.15, 0.2) is 37.2 Å². The van der Waals surface area contributed by atoms with Gasteiger partial charge in [-0.15, -0.1) is 0 Å². The fourth-order valence-electron chi connectivity index (χ4n) is 3.05. The van der Waals surface area contributed by atoms with Gasteiger partial charge >= 0.3 is 0 Å². The minimum absolute atomic E-state index is 0.517.